The number of hydrogen-bond acceptors (Lipinski definition) is 7. The molecular formula is C45H60O7. The monoisotopic (exact) mass is 712 g/mol. The van der Waals surface area contributed by atoms with Gasteiger partial charge in [-0.25, -0.2) is 0 Å². The number of phenols is 3. The largest absolute Gasteiger partial charge is 0.508 e. The van der Waals surface area contributed by atoms with Crippen molar-refractivity contribution in [2.24, 2.45) is 39.4 Å². The Morgan fingerprint density at radius 3 is 2.31 bits per heavy atom. The first-order valence-corrected chi connectivity index (χ1v) is 19.4. The molecular weight excluding hydrogens is 652 g/mol. The van der Waals surface area contributed by atoms with Gasteiger partial charge in [-0.1, -0.05) is 64.3 Å². The molecule has 0 bridgehead atoms. The molecule has 1 heterocycles. The van der Waals surface area contributed by atoms with Crippen LogP contribution in [0.5, 0.6) is 23.0 Å². The van der Waals surface area contributed by atoms with E-state index in [4.69, 9.17) is 4.42 Å². The van der Waals surface area contributed by atoms with Crippen molar-refractivity contribution >= 4 is 11.0 Å². The molecule has 282 valence electrons. The number of aliphatic hydroxyl groups is 1. The minimum Gasteiger partial charge on any atom is -0.508 e. The van der Waals surface area contributed by atoms with Crippen molar-refractivity contribution in [3.05, 3.63) is 69.4 Å². The number of allylic oxidation sites excluding steroid dienone is 4. The molecule has 0 saturated heterocycles. The minimum atomic E-state index is -0.654. The molecule has 2 fully saturated rings. The Labute approximate surface area is 309 Å². The normalized spacial score (nSPS) is 31.1. The molecule has 7 rings (SSSR count). The summed E-state index contributed by atoms with van der Waals surface area (Å²) < 4.78 is 5.43. The fourth-order valence-corrected chi connectivity index (χ4v) is 11.5. The lowest BCUT2D eigenvalue weighted by Gasteiger charge is -2.62. The number of hydrogen-bond donors (Lipinski definition) is 5. The van der Waals surface area contributed by atoms with E-state index in [0.29, 0.717) is 22.2 Å². The molecule has 5 N–H and O–H groups in total. The molecule has 3 aromatic rings. The van der Waals surface area contributed by atoms with Gasteiger partial charge in [0, 0.05) is 11.6 Å². The molecule has 1 aromatic heterocycles. The quantitative estimate of drug-likeness (QED) is 0.131. The zero-order valence-corrected chi connectivity index (χ0v) is 32.5. The predicted molar refractivity (Wildman–Crippen MR) is 207 cm³/mol. The Hall–Kier alpha value is -3.71. The van der Waals surface area contributed by atoms with Crippen molar-refractivity contribution in [1.82, 2.24) is 0 Å². The van der Waals surface area contributed by atoms with Crippen molar-refractivity contribution in [3.8, 4) is 34.3 Å². The molecule has 7 heteroatoms. The molecule has 4 aliphatic carbocycles. The van der Waals surface area contributed by atoms with Crippen molar-refractivity contribution < 1.29 is 29.9 Å². The third-order valence-electron chi connectivity index (χ3n) is 14.7. The van der Waals surface area contributed by atoms with Crippen LogP contribution >= 0.6 is 0 Å². The van der Waals surface area contributed by atoms with Gasteiger partial charge in [-0.3, -0.25) is 4.79 Å². The summed E-state index contributed by atoms with van der Waals surface area (Å²) in [6.07, 6.45) is 15.2. The highest BCUT2D eigenvalue weighted by atomic mass is 16.4. The van der Waals surface area contributed by atoms with Crippen LogP contribution in [0.25, 0.3) is 22.3 Å². The third-order valence-corrected chi connectivity index (χ3v) is 14.7. The van der Waals surface area contributed by atoms with Gasteiger partial charge in [-0.05, 0) is 148 Å². The highest BCUT2D eigenvalue weighted by molar-refractivity contribution is 5.83. The molecule has 4 aliphatic rings. The summed E-state index contributed by atoms with van der Waals surface area (Å²) >= 11 is 0. The maximum atomic E-state index is 12.1. The average Bonchev–Trinajstić information content (AvgIpc) is 3.37. The topological polar surface area (TPSA) is 131 Å². The molecule has 0 radical (unpaired) electrons. The highest BCUT2D eigenvalue weighted by Crippen LogP contribution is 2.72. The van der Waals surface area contributed by atoms with Crippen LogP contribution in [0.2, 0.25) is 0 Å². The zero-order chi connectivity index (χ0) is 38.0. The van der Waals surface area contributed by atoms with E-state index in [0.717, 1.165) is 24.3 Å². The van der Waals surface area contributed by atoms with Gasteiger partial charge in [-0.2, -0.15) is 0 Å². The summed E-state index contributed by atoms with van der Waals surface area (Å²) in [6.45, 7) is 19.6. The lowest BCUT2D eigenvalue weighted by Crippen LogP contribution is -2.55. The number of benzene rings is 2. The standard InChI is InChI=1S/C30H50O.C15H10O6/c1-20(2)10-9-11-21(3)22-14-18-30(8)24-12-13-25-27(4,5)26(31)16-17-28(25,6)23(24)15-19-29(22,30)7;16-8-2-3-9-12(6-8)21-15(14(20)13(9)19)7-1-4-10(17)11(18)5-7/h10,21-22,25-26,31H,9,11-19H2,1-8H3;1-6,16-18,20H. The number of phenolic OH excluding ortho intramolecular Hbond substituents is 3. The highest BCUT2D eigenvalue weighted by Gasteiger charge is 2.63. The van der Waals surface area contributed by atoms with E-state index < -0.39 is 16.9 Å². The minimum absolute atomic E-state index is 0.0465. The van der Waals surface area contributed by atoms with Crippen molar-refractivity contribution in [2.45, 2.75) is 126 Å². The molecule has 7 nitrogen and oxygen atoms in total. The maximum absolute atomic E-state index is 12.1. The predicted octanol–water partition coefficient (Wildman–Crippen LogP) is 10.8. The lowest BCUT2D eigenvalue weighted by atomic mass is 9.43. The van der Waals surface area contributed by atoms with Crippen LogP contribution in [0.3, 0.4) is 0 Å². The molecule has 0 spiro atoms. The summed E-state index contributed by atoms with van der Waals surface area (Å²) in [7, 11) is 0. The Balaban J connectivity index is 0.000000192. The Morgan fingerprint density at radius 1 is 0.885 bits per heavy atom. The number of aromatic hydroxyl groups is 4. The summed E-state index contributed by atoms with van der Waals surface area (Å²) in [5.74, 6) is 0.718. The molecule has 2 saturated carbocycles. The van der Waals surface area contributed by atoms with Gasteiger partial charge in [0.2, 0.25) is 11.2 Å². The van der Waals surface area contributed by atoms with Gasteiger partial charge in [0.05, 0.1) is 11.5 Å². The molecule has 52 heavy (non-hydrogen) atoms. The van der Waals surface area contributed by atoms with E-state index in [1.54, 1.807) is 0 Å². The second-order valence-corrected chi connectivity index (χ2v) is 18.1. The van der Waals surface area contributed by atoms with Crippen LogP contribution in [0.4, 0.5) is 0 Å². The van der Waals surface area contributed by atoms with Crippen molar-refractivity contribution in [1.29, 1.82) is 0 Å². The van der Waals surface area contributed by atoms with Crippen molar-refractivity contribution in [2.75, 3.05) is 0 Å². The van der Waals surface area contributed by atoms with Gasteiger partial charge in [0.1, 0.15) is 11.3 Å². The summed E-state index contributed by atoms with van der Waals surface area (Å²) in [4.78, 5) is 12.1. The first-order chi connectivity index (χ1) is 24.3. The molecule has 0 amide bonds. The summed E-state index contributed by atoms with van der Waals surface area (Å²) in [5.41, 5.74) is 6.07. The lowest BCUT2D eigenvalue weighted by molar-refractivity contribution is -0.0962. The molecule has 7 atom stereocenters. The van der Waals surface area contributed by atoms with Crippen LogP contribution in [0.15, 0.2) is 68.4 Å². The summed E-state index contributed by atoms with van der Waals surface area (Å²) in [6, 6.07) is 7.64. The van der Waals surface area contributed by atoms with Gasteiger partial charge >= 0.3 is 0 Å². The smallest absolute Gasteiger partial charge is 0.235 e. The number of rotatable bonds is 5. The van der Waals surface area contributed by atoms with E-state index in [9.17, 15) is 30.3 Å². The van der Waals surface area contributed by atoms with Gasteiger partial charge in [0.25, 0.3) is 0 Å². The summed E-state index contributed by atoms with van der Waals surface area (Å²) in [5, 5.41) is 49.1. The van der Waals surface area contributed by atoms with Crippen LogP contribution in [0.1, 0.15) is 120 Å². The molecule has 0 aliphatic heterocycles. The van der Waals surface area contributed by atoms with Crippen molar-refractivity contribution in [3.63, 3.8) is 0 Å². The van der Waals surface area contributed by atoms with Crippen LogP contribution in [0, 0.1) is 39.4 Å². The van der Waals surface area contributed by atoms with Gasteiger partial charge in [0.15, 0.2) is 17.3 Å². The van der Waals surface area contributed by atoms with Gasteiger partial charge < -0.3 is 29.9 Å². The third kappa shape index (κ3) is 6.15. The van der Waals surface area contributed by atoms with Crippen LogP contribution in [-0.4, -0.2) is 31.6 Å². The Bertz CT molecular complexity index is 1960. The van der Waals surface area contributed by atoms with E-state index in [1.165, 1.54) is 93.7 Å². The van der Waals surface area contributed by atoms with E-state index in [1.807, 2.05) is 11.1 Å². The number of fused-ring (bicyclic) bond motifs is 5. The molecule has 2 aromatic carbocycles. The first kappa shape index (κ1) is 38.0. The first-order valence-electron chi connectivity index (χ1n) is 19.4. The van der Waals surface area contributed by atoms with Crippen LogP contribution < -0.4 is 5.43 Å². The van der Waals surface area contributed by atoms with Gasteiger partial charge in [-0.15, -0.1) is 0 Å². The number of aliphatic hydroxyl groups excluding tert-OH is 1. The Morgan fingerprint density at radius 2 is 1.62 bits per heavy atom. The Kier molecular flexibility index (Phi) is 9.95. The zero-order valence-electron chi connectivity index (χ0n) is 32.5. The fourth-order valence-electron chi connectivity index (χ4n) is 11.5. The second kappa shape index (κ2) is 13.6. The van der Waals surface area contributed by atoms with E-state index >= 15 is 0 Å². The second-order valence-electron chi connectivity index (χ2n) is 18.1. The van der Waals surface area contributed by atoms with Crippen LogP contribution in [-0.2, 0) is 0 Å². The van der Waals surface area contributed by atoms with E-state index in [-0.39, 0.29) is 45.3 Å². The SMILES string of the molecule is CC(C)=CCCC(C)C1CCC2(C)C3=C(CCC12C)C1(C)CCC(O)C(C)(C)C1CC3.O=c1c(O)c(-c2ccc(O)c(O)c2)oc2cc(O)ccc12. The molecule has 7 unspecified atom stereocenters. The maximum Gasteiger partial charge on any atom is 0.235 e. The van der Waals surface area contributed by atoms with E-state index in [2.05, 4.69) is 61.5 Å². The average molecular weight is 713 g/mol. The fraction of sp³-hybridized carbons (Fsp3) is 0.578.